The zero-order valence-corrected chi connectivity index (χ0v) is 30.0. The van der Waals surface area contributed by atoms with Gasteiger partial charge in [0.15, 0.2) is 6.10 Å². The van der Waals surface area contributed by atoms with E-state index in [1.54, 1.807) is 6.07 Å². The van der Waals surface area contributed by atoms with E-state index >= 15 is 0 Å². The molecular formula is C42H59F3O4. The highest BCUT2D eigenvalue weighted by Crippen LogP contribution is 2.37. The van der Waals surface area contributed by atoms with Crippen LogP contribution in [0.1, 0.15) is 158 Å². The minimum Gasteiger partial charge on any atom is -0.452 e. The van der Waals surface area contributed by atoms with Gasteiger partial charge in [-0.1, -0.05) is 108 Å². The van der Waals surface area contributed by atoms with Crippen molar-refractivity contribution < 1.29 is 32.2 Å². The molecule has 2 aliphatic carbocycles. The molecule has 0 spiro atoms. The number of carbonyl (C=O) groups excluding carboxylic acids is 2. The predicted octanol–water partition coefficient (Wildman–Crippen LogP) is 11.8. The van der Waals surface area contributed by atoms with Crippen LogP contribution in [0.15, 0.2) is 42.5 Å². The van der Waals surface area contributed by atoms with E-state index in [0.29, 0.717) is 43.8 Å². The molecule has 272 valence electrons. The number of alkyl halides is 3. The first kappa shape index (κ1) is 39.0. The maximum absolute atomic E-state index is 13.6. The highest BCUT2D eigenvalue weighted by molar-refractivity contribution is 5.76. The zero-order chi connectivity index (χ0) is 35.1. The van der Waals surface area contributed by atoms with E-state index in [1.807, 2.05) is 19.1 Å². The van der Waals surface area contributed by atoms with Gasteiger partial charge in [-0.2, -0.15) is 13.2 Å². The molecule has 4 nitrogen and oxygen atoms in total. The molecule has 49 heavy (non-hydrogen) atoms. The van der Waals surface area contributed by atoms with Crippen LogP contribution in [0.3, 0.4) is 0 Å². The molecule has 0 aromatic heterocycles. The molecule has 0 saturated heterocycles. The molecule has 7 heteroatoms. The SMILES string of the molecule is CCCCCCCCCCc1ccc(C2CCC(C(=O)Oc3ccc4c(c3)CCC(C(=O)O[C@H](CCCCCC)C(F)(F)F)C4)CC2)cc1. The Hall–Kier alpha value is -2.83. The van der Waals surface area contributed by atoms with Crippen molar-refractivity contribution in [2.75, 3.05) is 0 Å². The van der Waals surface area contributed by atoms with E-state index in [1.165, 1.54) is 62.5 Å². The van der Waals surface area contributed by atoms with Crippen molar-refractivity contribution in [2.45, 2.75) is 167 Å². The lowest BCUT2D eigenvalue weighted by atomic mass is 9.78. The number of esters is 2. The Bertz CT molecular complexity index is 1280. The summed E-state index contributed by atoms with van der Waals surface area (Å²) in [4.78, 5) is 25.9. The Morgan fingerprint density at radius 3 is 2.00 bits per heavy atom. The Balaban J connectivity index is 1.18. The molecule has 4 rings (SSSR count). The molecule has 1 saturated carbocycles. The van der Waals surface area contributed by atoms with Gasteiger partial charge in [-0.25, -0.2) is 0 Å². The van der Waals surface area contributed by atoms with Crippen LogP contribution >= 0.6 is 0 Å². The lowest BCUT2D eigenvalue weighted by Crippen LogP contribution is -2.37. The minimum absolute atomic E-state index is 0.128. The fourth-order valence-electron chi connectivity index (χ4n) is 7.56. The summed E-state index contributed by atoms with van der Waals surface area (Å²) in [5.74, 6) is -0.753. The van der Waals surface area contributed by atoms with E-state index < -0.39 is 24.2 Å². The molecule has 1 fully saturated rings. The van der Waals surface area contributed by atoms with Crippen molar-refractivity contribution in [3.05, 3.63) is 64.7 Å². The van der Waals surface area contributed by atoms with Crippen LogP contribution in [-0.4, -0.2) is 24.2 Å². The highest BCUT2D eigenvalue weighted by Gasteiger charge is 2.43. The molecule has 1 unspecified atom stereocenters. The standard InChI is InChI=1S/C42H59F3O4/c1-3-5-7-9-10-11-12-13-15-31-17-19-32(20-18-31)33-21-23-34(24-22-33)40(46)48-38-28-27-35-29-37(26-25-36(35)30-38)41(47)49-39(42(43,44)45)16-14-8-6-4-2/h17-20,27-28,30,33-34,37,39H,3-16,21-26,29H2,1-2H3/t33?,34?,37?,39-/m1/s1. The number of ether oxygens (including phenoxy) is 2. The Kier molecular flexibility index (Phi) is 16.0. The zero-order valence-electron chi connectivity index (χ0n) is 30.0. The van der Waals surface area contributed by atoms with Crippen LogP contribution in [0.5, 0.6) is 5.75 Å². The first-order chi connectivity index (χ1) is 23.7. The van der Waals surface area contributed by atoms with Gasteiger partial charge in [0.2, 0.25) is 0 Å². The van der Waals surface area contributed by atoms with Crippen molar-refractivity contribution >= 4 is 11.9 Å². The summed E-state index contributed by atoms with van der Waals surface area (Å²) >= 11 is 0. The molecule has 0 N–H and O–H groups in total. The highest BCUT2D eigenvalue weighted by atomic mass is 19.4. The van der Waals surface area contributed by atoms with Gasteiger partial charge in [-0.3, -0.25) is 9.59 Å². The monoisotopic (exact) mass is 684 g/mol. The van der Waals surface area contributed by atoms with Crippen molar-refractivity contribution in [1.29, 1.82) is 0 Å². The number of carbonyl (C=O) groups is 2. The van der Waals surface area contributed by atoms with Crippen molar-refractivity contribution in [3.63, 3.8) is 0 Å². The largest absolute Gasteiger partial charge is 0.452 e. The van der Waals surface area contributed by atoms with Crippen LogP contribution in [0, 0.1) is 11.8 Å². The third kappa shape index (κ3) is 12.8. The molecule has 0 amide bonds. The molecular weight excluding hydrogens is 625 g/mol. The van der Waals surface area contributed by atoms with E-state index in [9.17, 15) is 22.8 Å². The minimum atomic E-state index is -4.57. The van der Waals surface area contributed by atoms with Gasteiger partial charge < -0.3 is 9.47 Å². The normalized spacial score (nSPS) is 20.0. The fourth-order valence-corrected chi connectivity index (χ4v) is 7.56. The average molecular weight is 685 g/mol. The number of benzene rings is 2. The topological polar surface area (TPSA) is 52.6 Å². The van der Waals surface area contributed by atoms with Gasteiger partial charge in [0.05, 0.1) is 11.8 Å². The van der Waals surface area contributed by atoms with E-state index in [2.05, 4.69) is 31.2 Å². The number of hydrogen-bond donors (Lipinski definition) is 0. The summed E-state index contributed by atoms with van der Waals surface area (Å²) in [7, 11) is 0. The second-order valence-corrected chi connectivity index (χ2v) is 14.6. The molecule has 0 bridgehead atoms. The third-order valence-corrected chi connectivity index (χ3v) is 10.7. The summed E-state index contributed by atoms with van der Waals surface area (Å²) < 4.78 is 51.5. The first-order valence-corrected chi connectivity index (χ1v) is 19.4. The molecule has 2 aromatic rings. The maximum atomic E-state index is 13.6. The second-order valence-electron chi connectivity index (χ2n) is 14.6. The van der Waals surface area contributed by atoms with Gasteiger partial charge >= 0.3 is 18.1 Å². The van der Waals surface area contributed by atoms with Crippen LogP contribution in [-0.2, 0) is 33.6 Å². The van der Waals surface area contributed by atoms with Crippen molar-refractivity contribution in [3.8, 4) is 5.75 Å². The number of fused-ring (bicyclic) bond motifs is 1. The van der Waals surface area contributed by atoms with Crippen LogP contribution in [0.4, 0.5) is 13.2 Å². The summed E-state index contributed by atoms with van der Waals surface area (Å²) in [6.07, 6.45) is 12.7. The summed E-state index contributed by atoms with van der Waals surface area (Å²) in [5, 5.41) is 0. The van der Waals surface area contributed by atoms with E-state index in [0.717, 1.165) is 56.1 Å². The summed E-state index contributed by atoms with van der Waals surface area (Å²) in [6, 6.07) is 14.5. The Morgan fingerprint density at radius 1 is 0.714 bits per heavy atom. The van der Waals surface area contributed by atoms with Crippen LogP contribution in [0.2, 0.25) is 0 Å². The number of rotatable bonds is 19. The van der Waals surface area contributed by atoms with Crippen LogP contribution < -0.4 is 4.74 Å². The van der Waals surface area contributed by atoms with Crippen molar-refractivity contribution in [2.24, 2.45) is 11.8 Å². The van der Waals surface area contributed by atoms with E-state index in [4.69, 9.17) is 9.47 Å². The lowest BCUT2D eigenvalue weighted by Gasteiger charge is -2.28. The maximum Gasteiger partial charge on any atom is 0.425 e. The first-order valence-electron chi connectivity index (χ1n) is 19.4. The third-order valence-electron chi connectivity index (χ3n) is 10.7. The molecule has 0 radical (unpaired) electrons. The van der Waals surface area contributed by atoms with Gasteiger partial charge in [-0.15, -0.1) is 0 Å². The summed E-state index contributed by atoms with van der Waals surface area (Å²) in [6.45, 7) is 4.26. The fraction of sp³-hybridized carbons (Fsp3) is 0.667. The Morgan fingerprint density at radius 2 is 1.35 bits per heavy atom. The molecule has 2 aromatic carbocycles. The van der Waals surface area contributed by atoms with E-state index in [-0.39, 0.29) is 18.3 Å². The quantitative estimate of drug-likeness (QED) is 0.0839. The van der Waals surface area contributed by atoms with Crippen LogP contribution in [0.25, 0.3) is 0 Å². The smallest absolute Gasteiger partial charge is 0.425 e. The van der Waals surface area contributed by atoms with Gasteiger partial charge in [0.1, 0.15) is 5.75 Å². The predicted molar refractivity (Wildman–Crippen MR) is 190 cm³/mol. The molecule has 2 atom stereocenters. The molecule has 0 heterocycles. The van der Waals surface area contributed by atoms with Gasteiger partial charge in [0, 0.05) is 0 Å². The van der Waals surface area contributed by atoms with Gasteiger partial charge in [-0.05, 0) is 111 Å². The number of hydrogen-bond acceptors (Lipinski definition) is 4. The van der Waals surface area contributed by atoms with Crippen molar-refractivity contribution in [1.82, 2.24) is 0 Å². The number of halogens is 3. The lowest BCUT2D eigenvalue weighted by molar-refractivity contribution is -0.225. The average Bonchev–Trinajstić information content (AvgIpc) is 3.10. The van der Waals surface area contributed by atoms with Gasteiger partial charge in [0.25, 0.3) is 0 Å². The molecule has 0 aliphatic heterocycles. The second kappa shape index (κ2) is 20.1. The number of unbranched alkanes of at least 4 members (excludes halogenated alkanes) is 10. The number of aryl methyl sites for hydroxylation is 2. The summed E-state index contributed by atoms with van der Waals surface area (Å²) in [5.41, 5.74) is 4.64. The molecule has 2 aliphatic rings. The Labute approximate surface area is 292 Å².